The molecule has 0 aromatic carbocycles. The van der Waals surface area contributed by atoms with Crippen molar-refractivity contribution in [2.24, 2.45) is 5.73 Å². The highest BCUT2D eigenvalue weighted by atomic mass is 32.2. The molecule has 0 amide bonds. The molecule has 1 atom stereocenters. The van der Waals surface area contributed by atoms with Gasteiger partial charge in [0.1, 0.15) is 6.04 Å². The summed E-state index contributed by atoms with van der Waals surface area (Å²) in [6.07, 6.45) is 1.74. The van der Waals surface area contributed by atoms with Gasteiger partial charge >= 0.3 is 5.97 Å². The second-order valence-electron chi connectivity index (χ2n) is 4.42. The van der Waals surface area contributed by atoms with Gasteiger partial charge in [0, 0.05) is 32.7 Å². The molecule has 1 fully saturated rings. The first-order valence-electron chi connectivity index (χ1n) is 5.85. The maximum Gasteiger partial charge on any atom is 0.322 e. The maximum absolute atomic E-state index is 11.3. The van der Waals surface area contributed by atoms with Gasteiger partial charge in [-0.3, -0.25) is 4.79 Å². The third-order valence-electron chi connectivity index (χ3n) is 3.06. The van der Waals surface area contributed by atoms with Crippen molar-refractivity contribution < 1.29 is 17.9 Å². The predicted molar refractivity (Wildman–Crippen MR) is 67.5 cm³/mol. The van der Waals surface area contributed by atoms with Crippen LogP contribution in [0.1, 0.15) is 6.42 Å². The number of esters is 1. The lowest BCUT2D eigenvalue weighted by Gasteiger charge is -2.33. The van der Waals surface area contributed by atoms with Gasteiger partial charge in [-0.2, -0.15) is 4.31 Å². The Balaban J connectivity index is 2.30. The fourth-order valence-corrected chi connectivity index (χ4v) is 2.70. The summed E-state index contributed by atoms with van der Waals surface area (Å²) in [5.41, 5.74) is 5.63. The molecule has 1 rings (SSSR count). The molecule has 0 radical (unpaired) electrons. The summed E-state index contributed by atoms with van der Waals surface area (Å²) in [5.74, 6) is -0.412. The van der Waals surface area contributed by atoms with Gasteiger partial charge < -0.3 is 15.4 Å². The summed E-state index contributed by atoms with van der Waals surface area (Å²) in [5, 5.41) is 0. The minimum Gasteiger partial charge on any atom is -0.468 e. The van der Waals surface area contributed by atoms with Crippen molar-refractivity contribution in [3.8, 4) is 0 Å². The zero-order valence-electron chi connectivity index (χ0n) is 10.8. The summed E-state index contributed by atoms with van der Waals surface area (Å²) in [7, 11) is -1.78. The monoisotopic (exact) mass is 279 g/mol. The fraction of sp³-hybridized carbons (Fsp3) is 0.900. The van der Waals surface area contributed by atoms with Crippen molar-refractivity contribution in [2.45, 2.75) is 12.5 Å². The van der Waals surface area contributed by atoms with Gasteiger partial charge in [0.2, 0.25) is 10.0 Å². The van der Waals surface area contributed by atoms with Crippen molar-refractivity contribution in [3.63, 3.8) is 0 Å². The smallest absolute Gasteiger partial charge is 0.322 e. The first kappa shape index (κ1) is 15.4. The lowest BCUT2D eigenvalue weighted by Crippen LogP contribution is -2.49. The van der Waals surface area contributed by atoms with E-state index in [0.717, 1.165) is 0 Å². The first-order valence-corrected chi connectivity index (χ1v) is 7.70. The van der Waals surface area contributed by atoms with Crippen LogP contribution in [0, 0.1) is 0 Å². The van der Waals surface area contributed by atoms with E-state index >= 15 is 0 Å². The Morgan fingerprint density at radius 3 is 2.33 bits per heavy atom. The molecule has 0 aromatic rings. The van der Waals surface area contributed by atoms with Crippen LogP contribution < -0.4 is 5.73 Å². The molecule has 106 valence electrons. The number of rotatable bonds is 5. The second kappa shape index (κ2) is 6.46. The zero-order valence-corrected chi connectivity index (χ0v) is 11.6. The molecule has 7 nitrogen and oxygen atoms in total. The van der Waals surface area contributed by atoms with E-state index < -0.39 is 22.0 Å². The highest BCUT2D eigenvalue weighted by Gasteiger charge is 2.24. The van der Waals surface area contributed by atoms with Gasteiger partial charge in [0.15, 0.2) is 0 Å². The number of ether oxygens (including phenoxy) is 1. The van der Waals surface area contributed by atoms with Crippen LogP contribution in [0.3, 0.4) is 0 Å². The molecule has 1 unspecified atom stereocenters. The molecule has 1 aliphatic heterocycles. The van der Waals surface area contributed by atoms with Crippen molar-refractivity contribution in [3.05, 3.63) is 0 Å². The minimum atomic E-state index is -3.09. The third kappa shape index (κ3) is 4.52. The van der Waals surface area contributed by atoms with Crippen LogP contribution >= 0.6 is 0 Å². The van der Waals surface area contributed by atoms with Crippen molar-refractivity contribution in [1.29, 1.82) is 0 Å². The van der Waals surface area contributed by atoms with Crippen LogP contribution in [0.25, 0.3) is 0 Å². The van der Waals surface area contributed by atoms with Gasteiger partial charge in [-0.15, -0.1) is 0 Å². The SMILES string of the molecule is COC(=O)C(N)CCN1CCN(S(C)(=O)=O)CC1. The van der Waals surface area contributed by atoms with Crippen LogP contribution in [0.4, 0.5) is 0 Å². The average Bonchev–Trinajstić information content (AvgIpc) is 2.34. The standard InChI is InChI=1S/C10H21N3O4S/c1-17-10(14)9(11)3-4-12-5-7-13(8-6-12)18(2,15)16/h9H,3-8,11H2,1-2H3. The third-order valence-corrected chi connectivity index (χ3v) is 4.36. The number of carbonyl (C=O) groups is 1. The molecule has 0 aromatic heterocycles. The van der Waals surface area contributed by atoms with Crippen LogP contribution in [-0.2, 0) is 19.6 Å². The lowest BCUT2D eigenvalue weighted by atomic mass is 10.2. The number of piperazine rings is 1. The fourth-order valence-electron chi connectivity index (χ4n) is 1.88. The Morgan fingerprint density at radius 2 is 1.89 bits per heavy atom. The second-order valence-corrected chi connectivity index (χ2v) is 6.40. The van der Waals surface area contributed by atoms with E-state index in [1.165, 1.54) is 17.7 Å². The molecule has 2 N–H and O–H groups in total. The molecule has 18 heavy (non-hydrogen) atoms. The minimum absolute atomic E-state index is 0.412. The Morgan fingerprint density at radius 1 is 1.33 bits per heavy atom. The summed E-state index contributed by atoms with van der Waals surface area (Å²) in [4.78, 5) is 13.2. The Kier molecular flexibility index (Phi) is 5.51. The number of hydrogen-bond acceptors (Lipinski definition) is 6. The largest absolute Gasteiger partial charge is 0.468 e. The molecule has 0 aliphatic carbocycles. The van der Waals surface area contributed by atoms with Gasteiger partial charge in [-0.25, -0.2) is 8.42 Å². The topological polar surface area (TPSA) is 92.9 Å². The molecule has 1 aliphatic rings. The van der Waals surface area contributed by atoms with Crippen LogP contribution in [0.2, 0.25) is 0 Å². The molecule has 8 heteroatoms. The summed E-state index contributed by atoms with van der Waals surface area (Å²) in [6, 6.07) is -0.608. The number of hydrogen-bond donors (Lipinski definition) is 1. The van der Waals surface area contributed by atoms with E-state index in [-0.39, 0.29) is 0 Å². The molecular weight excluding hydrogens is 258 g/mol. The number of nitrogens with zero attached hydrogens (tertiary/aromatic N) is 2. The van der Waals surface area contributed by atoms with Crippen molar-refractivity contribution in [1.82, 2.24) is 9.21 Å². The van der Waals surface area contributed by atoms with E-state index in [9.17, 15) is 13.2 Å². The number of sulfonamides is 1. The molecule has 1 saturated heterocycles. The number of methoxy groups -OCH3 is 1. The Bertz CT molecular complexity index is 377. The maximum atomic E-state index is 11.3. The normalized spacial score (nSPS) is 20.6. The zero-order chi connectivity index (χ0) is 13.8. The molecule has 0 saturated carbocycles. The van der Waals surface area contributed by atoms with Crippen LogP contribution in [0.15, 0.2) is 0 Å². The summed E-state index contributed by atoms with van der Waals surface area (Å²) >= 11 is 0. The van der Waals surface area contributed by atoms with E-state index in [1.54, 1.807) is 0 Å². The van der Waals surface area contributed by atoms with Crippen molar-refractivity contribution >= 4 is 16.0 Å². The molecule has 0 bridgehead atoms. The first-order chi connectivity index (χ1) is 8.34. The van der Waals surface area contributed by atoms with Gasteiger partial charge in [0.25, 0.3) is 0 Å². The Labute approximate surface area is 108 Å². The number of carbonyl (C=O) groups excluding carboxylic acids is 1. The highest BCUT2D eigenvalue weighted by molar-refractivity contribution is 7.88. The van der Waals surface area contributed by atoms with Crippen LogP contribution in [-0.4, -0.2) is 75.7 Å². The highest BCUT2D eigenvalue weighted by Crippen LogP contribution is 2.07. The number of nitrogens with two attached hydrogens (primary N) is 1. The van der Waals surface area contributed by atoms with Crippen LogP contribution in [0.5, 0.6) is 0 Å². The van der Waals surface area contributed by atoms with Gasteiger partial charge in [-0.1, -0.05) is 0 Å². The van der Waals surface area contributed by atoms with E-state index in [0.29, 0.717) is 39.1 Å². The van der Waals surface area contributed by atoms with E-state index in [1.807, 2.05) is 0 Å². The van der Waals surface area contributed by atoms with E-state index in [4.69, 9.17) is 5.73 Å². The average molecular weight is 279 g/mol. The van der Waals surface area contributed by atoms with Gasteiger partial charge in [0.05, 0.1) is 13.4 Å². The molecule has 1 heterocycles. The molecular formula is C10H21N3O4S. The van der Waals surface area contributed by atoms with Crippen molar-refractivity contribution in [2.75, 3.05) is 46.1 Å². The summed E-state index contributed by atoms with van der Waals surface area (Å²) < 4.78 is 28.6. The quantitative estimate of drug-likeness (QED) is 0.613. The predicted octanol–water partition coefficient (Wildman–Crippen LogP) is -1.55. The molecule has 0 spiro atoms. The lowest BCUT2D eigenvalue weighted by molar-refractivity contribution is -0.142. The van der Waals surface area contributed by atoms with E-state index in [2.05, 4.69) is 9.64 Å². The summed E-state index contributed by atoms with van der Waals surface area (Å²) in [6.45, 7) is 2.99. The van der Waals surface area contributed by atoms with Gasteiger partial charge in [-0.05, 0) is 6.42 Å². The Hall–Kier alpha value is -0.700.